The molecule has 0 aliphatic rings. The minimum atomic E-state index is -0.422. The van der Waals surface area contributed by atoms with Gasteiger partial charge in [0.2, 0.25) is 0 Å². The summed E-state index contributed by atoms with van der Waals surface area (Å²) >= 11 is 12.7. The van der Waals surface area contributed by atoms with Crippen LogP contribution in [0.15, 0.2) is 24.3 Å². The van der Waals surface area contributed by atoms with E-state index in [1.807, 2.05) is 65.8 Å². The first-order valence-electron chi connectivity index (χ1n) is 9.13. The number of aromatic hydroxyl groups is 2. The molecule has 2 aromatic carbocycles. The van der Waals surface area contributed by atoms with Crippen molar-refractivity contribution in [3.8, 4) is 11.5 Å². The quantitative estimate of drug-likeness (QED) is 0.545. The first-order chi connectivity index (χ1) is 12.1. The monoisotopic (exact) mass is 408 g/mol. The summed E-state index contributed by atoms with van der Waals surface area (Å²) in [5.74, 6) is 0.255. The lowest BCUT2D eigenvalue weighted by Gasteiger charge is -2.31. The number of phenolic OH excluding ortho intramolecular Hbond substituents is 2. The number of hydrogen-bond acceptors (Lipinski definition) is 2. The smallest absolute Gasteiger partial charge is 0.137 e. The van der Waals surface area contributed by atoms with Crippen LogP contribution in [0.5, 0.6) is 11.5 Å². The van der Waals surface area contributed by atoms with E-state index in [0.717, 1.165) is 22.3 Å². The second-order valence-electron chi connectivity index (χ2n) is 9.83. The first kappa shape index (κ1) is 21.9. The highest BCUT2D eigenvalue weighted by Gasteiger charge is 2.31. The molecule has 0 saturated heterocycles. The van der Waals surface area contributed by atoms with Gasteiger partial charge in [0.25, 0.3) is 0 Å². The van der Waals surface area contributed by atoms with E-state index in [2.05, 4.69) is 13.8 Å². The van der Waals surface area contributed by atoms with Gasteiger partial charge in [0.05, 0.1) is 10.0 Å². The van der Waals surface area contributed by atoms with Crippen molar-refractivity contribution in [2.45, 2.75) is 71.6 Å². The lowest BCUT2D eigenvalue weighted by molar-refractivity contribution is 0.444. The molecule has 2 N–H and O–H groups in total. The van der Waals surface area contributed by atoms with Crippen LogP contribution in [0.25, 0.3) is 0 Å². The Hall–Kier alpha value is -1.38. The van der Waals surface area contributed by atoms with Crippen molar-refractivity contribution in [1.29, 1.82) is 0 Å². The predicted octanol–water partition coefficient (Wildman–Crippen LogP) is 7.33. The second kappa shape index (κ2) is 6.90. The van der Waals surface area contributed by atoms with E-state index in [9.17, 15) is 10.2 Å². The molecule has 148 valence electrons. The predicted molar refractivity (Wildman–Crippen MR) is 116 cm³/mol. The maximum absolute atomic E-state index is 10.4. The van der Waals surface area contributed by atoms with E-state index in [1.54, 1.807) is 0 Å². The van der Waals surface area contributed by atoms with Crippen LogP contribution < -0.4 is 0 Å². The maximum Gasteiger partial charge on any atom is 0.137 e. The highest BCUT2D eigenvalue weighted by molar-refractivity contribution is 6.32. The van der Waals surface area contributed by atoms with E-state index in [-0.39, 0.29) is 22.3 Å². The summed E-state index contributed by atoms with van der Waals surface area (Å²) in [4.78, 5) is 0. The zero-order valence-electron chi connectivity index (χ0n) is 17.5. The fourth-order valence-corrected chi connectivity index (χ4v) is 3.67. The summed E-state index contributed by atoms with van der Waals surface area (Å²) in [7, 11) is 0. The molecule has 2 rings (SSSR count). The van der Waals surface area contributed by atoms with Gasteiger partial charge in [-0.3, -0.25) is 0 Å². The number of hydrogen-bond donors (Lipinski definition) is 2. The van der Waals surface area contributed by atoms with E-state index in [1.165, 1.54) is 0 Å². The van der Waals surface area contributed by atoms with Crippen molar-refractivity contribution in [1.82, 2.24) is 0 Å². The zero-order valence-corrected chi connectivity index (χ0v) is 19.0. The third-order valence-electron chi connectivity index (χ3n) is 5.19. The van der Waals surface area contributed by atoms with Crippen LogP contribution in [0.4, 0.5) is 0 Å². The molecular formula is C23H30Cl2O2. The Bertz CT molecular complexity index is 798. The van der Waals surface area contributed by atoms with Crippen LogP contribution in [0, 0.1) is 0 Å². The van der Waals surface area contributed by atoms with E-state index in [4.69, 9.17) is 23.2 Å². The fraction of sp³-hybridized carbons (Fsp3) is 0.478. The van der Waals surface area contributed by atoms with Crippen LogP contribution in [-0.4, -0.2) is 10.2 Å². The lowest BCUT2D eigenvalue weighted by Crippen LogP contribution is -2.22. The maximum atomic E-state index is 10.4. The van der Waals surface area contributed by atoms with E-state index in [0.29, 0.717) is 10.0 Å². The van der Waals surface area contributed by atoms with Gasteiger partial charge in [-0.2, -0.15) is 0 Å². The van der Waals surface area contributed by atoms with Crippen molar-refractivity contribution in [3.63, 3.8) is 0 Å². The highest BCUT2D eigenvalue weighted by atomic mass is 35.5. The fourth-order valence-electron chi connectivity index (χ4n) is 3.23. The molecule has 0 radical (unpaired) electrons. The third kappa shape index (κ3) is 4.22. The zero-order chi connectivity index (χ0) is 20.9. The standard InChI is InChI=1S/C23H30Cl2O2/c1-21(2,3)15-9-13(11-17(24)19(15)26)23(7,8)14-10-16(22(4,5)6)20(27)18(25)12-14/h9-12,26-27H,1-8H3. The molecule has 0 bridgehead atoms. The van der Waals surface area contributed by atoms with Gasteiger partial charge in [-0.15, -0.1) is 0 Å². The van der Waals surface area contributed by atoms with Crippen LogP contribution >= 0.6 is 23.2 Å². The number of rotatable bonds is 2. The molecule has 0 atom stereocenters. The van der Waals surface area contributed by atoms with Crippen molar-refractivity contribution < 1.29 is 10.2 Å². The largest absolute Gasteiger partial charge is 0.506 e. The summed E-state index contributed by atoms with van der Waals surface area (Å²) in [6.45, 7) is 16.5. The third-order valence-corrected chi connectivity index (χ3v) is 5.76. The molecule has 0 amide bonds. The molecule has 0 unspecified atom stereocenters. The summed E-state index contributed by atoms with van der Waals surface area (Å²) < 4.78 is 0. The number of benzene rings is 2. The topological polar surface area (TPSA) is 40.5 Å². The molecule has 2 aromatic rings. The van der Waals surface area contributed by atoms with Crippen LogP contribution in [-0.2, 0) is 16.2 Å². The Kier molecular flexibility index (Phi) is 5.60. The summed E-state index contributed by atoms with van der Waals surface area (Å²) in [5.41, 5.74) is 2.66. The van der Waals surface area contributed by atoms with Crippen molar-refractivity contribution >= 4 is 23.2 Å². The molecular weight excluding hydrogens is 379 g/mol. The van der Waals surface area contributed by atoms with Crippen molar-refractivity contribution in [2.75, 3.05) is 0 Å². The molecule has 0 heterocycles. The minimum absolute atomic E-state index is 0.128. The molecule has 27 heavy (non-hydrogen) atoms. The molecule has 0 saturated carbocycles. The molecule has 2 nitrogen and oxygen atoms in total. The van der Waals surface area contributed by atoms with E-state index < -0.39 is 5.41 Å². The Morgan fingerprint density at radius 1 is 0.593 bits per heavy atom. The van der Waals surface area contributed by atoms with Crippen LogP contribution in [0.3, 0.4) is 0 Å². The van der Waals surface area contributed by atoms with Crippen LogP contribution in [0.1, 0.15) is 77.6 Å². The van der Waals surface area contributed by atoms with Gasteiger partial charge >= 0.3 is 0 Å². The van der Waals surface area contributed by atoms with Gasteiger partial charge in [0.15, 0.2) is 0 Å². The van der Waals surface area contributed by atoms with Gasteiger partial charge in [0.1, 0.15) is 11.5 Å². The van der Waals surface area contributed by atoms with E-state index >= 15 is 0 Å². The molecule has 0 fully saturated rings. The molecule has 0 aromatic heterocycles. The molecule has 0 spiro atoms. The summed E-state index contributed by atoms with van der Waals surface area (Å²) in [5, 5.41) is 21.6. The average Bonchev–Trinajstić information content (AvgIpc) is 2.49. The molecule has 4 heteroatoms. The Balaban J connectivity index is 2.74. The highest BCUT2D eigenvalue weighted by Crippen LogP contribution is 2.45. The van der Waals surface area contributed by atoms with Gasteiger partial charge in [0, 0.05) is 16.5 Å². The van der Waals surface area contributed by atoms with Crippen molar-refractivity contribution in [3.05, 3.63) is 56.6 Å². The number of halogens is 2. The van der Waals surface area contributed by atoms with Gasteiger partial charge in [-0.05, 0) is 34.1 Å². The first-order valence-corrected chi connectivity index (χ1v) is 9.89. The summed E-state index contributed by atoms with van der Waals surface area (Å²) in [6.07, 6.45) is 0. The summed E-state index contributed by atoms with van der Waals surface area (Å²) in [6, 6.07) is 7.64. The average molecular weight is 409 g/mol. The van der Waals surface area contributed by atoms with Crippen molar-refractivity contribution in [2.24, 2.45) is 0 Å². The number of phenols is 2. The Morgan fingerprint density at radius 3 is 1.15 bits per heavy atom. The Labute approximate surface area is 173 Å². The molecule has 0 aliphatic heterocycles. The second-order valence-corrected chi connectivity index (χ2v) is 10.6. The van der Waals surface area contributed by atoms with Gasteiger partial charge < -0.3 is 10.2 Å². The Morgan fingerprint density at radius 2 is 0.889 bits per heavy atom. The minimum Gasteiger partial charge on any atom is -0.506 e. The van der Waals surface area contributed by atoms with Gasteiger partial charge in [-0.1, -0.05) is 90.7 Å². The SMILES string of the molecule is CC(C)(C)c1cc(C(C)(C)c2cc(Cl)c(O)c(C(C)(C)C)c2)cc(Cl)c1O. The van der Waals surface area contributed by atoms with Gasteiger partial charge in [-0.25, -0.2) is 0 Å². The van der Waals surface area contributed by atoms with Crippen LogP contribution in [0.2, 0.25) is 10.0 Å². The molecule has 0 aliphatic carbocycles. The normalized spacial score (nSPS) is 13.1. The lowest BCUT2D eigenvalue weighted by atomic mass is 9.73.